The molecule has 2 N–H and O–H groups in total. The molecular formula is C16H23Cl2NO2. The number of hydrogen-bond donors (Lipinski definition) is 1. The molecule has 0 bridgehead atoms. The van der Waals surface area contributed by atoms with Gasteiger partial charge in [-0.05, 0) is 18.6 Å². The third-order valence-corrected chi connectivity index (χ3v) is 4.05. The normalized spacial score (nSPS) is 10.6. The Morgan fingerprint density at radius 2 is 1.71 bits per heavy atom. The number of nitrogens with two attached hydrogens (primary N) is 1. The first kappa shape index (κ1) is 18.1. The molecule has 0 saturated carbocycles. The number of ether oxygens (including phenoxy) is 1. The minimum absolute atomic E-state index is 0.190. The van der Waals surface area contributed by atoms with E-state index in [1.54, 1.807) is 0 Å². The molecule has 0 spiro atoms. The van der Waals surface area contributed by atoms with Gasteiger partial charge in [-0.15, -0.1) is 0 Å². The molecule has 0 aromatic heterocycles. The zero-order chi connectivity index (χ0) is 15.7. The molecule has 0 unspecified atom stereocenters. The first-order valence-electron chi connectivity index (χ1n) is 7.48. The summed E-state index contributed by atoms with van der Waals surface area (Å²) in [6.45, 7) is 2.60. The SMILES string of the molecule is CCCCCCCCCOC(=O)c1cc(N)cc(Cl)c1Cl. The van der Waals surface area contributed by atoms with Gasteiger partial charge in [0.15, 0.2) is 0 Å². The quantitative estimate of drug-likeness (QED) is 0.370. The van der Waals surface area contributed by atoms with Crippen molar-refractivity contribution in [3.05, 3.63) is 27.7 Å². The number of esters is 1. The molecule has 1 rings (SSSR count). The summed E-state index contributed by atoms with van der Waals surface area (Å²) in [4.78, 5) is 11.9. The van der Waals surface area contributed by atoms with E-state index in [0.717, 1.165) is 12.8 Å². The summed E-state index contributed by atoms with van der Waals surface area (Å²) < 4.78 is 5.21. The zero-order valence-corrected chi connectivity index (χ0v) is 14.0. The van der Waals surface area contributed by atoms with Crippen LogP contribution in [0.2, 0.25) is 10.0 Å². The van der Waals surface area contributed by atoms with Crippen LogP contribution in [0.15, 0.2) is 12.1 Å². The Kier molecular flexibility index (Phi) is 8.55. The van der Waals surface area contributed by atoms with Crippen molar-refractivity contribution in [2.24, 2.45) is 0 Å². The first-order valence-corrected chi connectivity index (χ1v) is 8.23. The minimum atomic E-state index is -0.472. The Morgan fingerprint density at radius 3 is 2.38 bits per heavy atom. The molecule has 0 saturated heterocycles. The number of anilines is 1. The number of halogens is 2. The maximum Gasteiger partial charge on any atom is 0.339 e. The molecule has 3 nitrogen and oxygen atoms in total. The number of nitrogen functional groups attached to an aromatic ring is 1. The van der Waals surface area contributed by atoms with Crippen molar-refractivity contribution in [2.45, 2.75) is 51.9 Å². The van der Waals surface area contributed by atoms with Gasteiger partial charge in [-0.1, -0.05) is 68.7 Å². The Balaban J connectivity index is 2.28. The second-order valence-electron chi connectivity index (χ2n) is 5.12. The van der Waals surface area contributed by atoms with Crippen LogP contribution in [-0.4, -0.2) is 12.6 Å². The van der Waals surface area contributed by atoms with E-state index in [0.29, 0.717) is 12.3 Å². The van der Waals surface area contributed by atoms with E-state index in [1.807, 2.05) is 0 Å². The largest absolute Gasteiger partial charge is 0.462 e. The molecule has 5 heteroatoms. The van der Waals surface area contributed by atoms with Crippen LogP contribution in [0.25, 0.3) is 0 Å². The molecule has 0 aliphatic heterocycles. The topological polar surface area (TPSA) is 52.3 Å². The summed E-state index contributed by atoms with van der Waals surface area (Å²) in [7, 11) is 0. The summed E-state index contributed by atoms with van der Waals surface area (Å²) >= 11 is 11.9. The van der Waals surface area contributed by atoms with Gasteiger partial charge in [-0.3, -0.25) is 0 Å². The molecule has 1 aromatic rings. The first-order chi connectivity index (χ1) is 10.1. The van der Waals surface area contributed by atoms with E-state index >= 15 is 0 Å². The molecule has 0 radical (unpaired) electrons. The lowest BCUT2D eigenvalue weighted by atomic mass is 10.1. The summed E-state index contributed by atoms with van der Waals surface area (Å²) in [5.74, 6) is -0.472. The van der Waals surface area contributed by atoms with Crippen LogP contribution in [0.5, 0.6) is 0 Å². The summed E-state index contributed by atoms with van der Waals surface area (Å²) in [6.07, 6.45) is 8.20. The maximum atomic E-state index is 11.9. The second-order valence-corrected chi connectivity index (χ2v) is 5.91. The van der Waals surface area contributed by atoms with Crippen LogP contribution in [-0.2, 0) is 4.74 Å². The van der Waals surface area contributed by atoms with Gasteiger partial charge in [0.1, 0.15) is 0 Å². The van der Waals surface area contributed by atoms with Crippen molar-refractivity contribution in [2.75, 3.05) is 12.3 Å². The van der Waals surface area contributed by atoms with Gasteiger partial charge in [0.25, 0.3) is 0 Å². The number of rotatable bonds is 9. The second kappa shape index (κ2) is 9.91. The number of unbranched alkanes of at least 4 members (excludes halogenated alkanes) is 6. The number of carbonyl (C=O) groups excluding carboxylic acids is 1. The molecule has 0 aliphatic carbocycles. The molecule has 0 atom stereocenters. The Morgan fingerprint density at radius 1 is 1.10 bits per heavy atom. The van der Waals surface area contributed by atoms with E-state index in [4.69, 9.17) is 33.7 Å². The van der Waals surface area contributed by atoms with Crippen LogP contribution in [0.3, 0.4) is 0 Å². The van der Waals surface area contributed by atoms with Crippen molar-refractivity contribution >= 4 is 34.9 Å². The van der Waals surface area contributed by atoms with Crippen LogP contribution >= 0.6 is 23.2 Å². The molecule has 1 aromatic carbocycles. The highest BCUT2D eigenvalue weighted by Crippen LogP contribution is 2.29. The zero-order valence-electron chi connectivity index (χ0n) is 12.5. The fourth-order valence-electron chi connectivity index (χ4n) is 2.06. The third kappa shape index (κ3) is 6.58. The van der Waals surface area contributed by atoms with Crippen molar-refractivity contribution < 1.29 is 9.53 Å². The lowest BCUT2D eigenvalue weighted by Gasteiger charge is -2.08. The highest BCUT2D eigenvalue weighted by Gasteiger charge is 2.15. The standard InChI is InChI=1S/C16H23Cl2NO2/c1-2-3-4-5-6-7-8-9-21-16(20)13-10-12(19)11-14(17)15(13)18/h10-11H,2-9,19H2,1H3. The van der Waals surface area contributed by atoms with Crippen molar-refractivity contribution in [1.29, 1.82) is 0 Å². The smallest absolute Gasteiger partial charge is 0.339 e. The fourth-order valence-corrected chi connectivity index (χ4v) is 2.47. The molecular weight excluding hydrogens is 309 g/mol. The molecule has 0 amide bonds. The van der Waals surface area contributed by atoms with Crippen LogP contribution in [0, 0.1) is 0 Å². The summed E-state index contributed by atoms with van der Waals surface area (Å²) in [5, 5.41) is 0.454. The van der Waals surface area contributed by atoms with Crippen molar-refractivity contribution in [3.8, 4) is 0 Å². The maximum absolute atomic E-state index is 11.9. The van der Waals surface area contributed by atoms with Crippen LogP contribution in [0.1, 0.15) is 62.2 Å². The van der Waals surface area contributed by atoms with E-state index in [2.05, 4.69) is 6.92 Å². The molecule has 118 valence electrons. The monoisotopic (exact) mass is 331 g/mol. The van der Waals surface area contributed by atoms with Gasteiger partial charge in [-0.2, -0.15) is 0 Å². The molecule has 0 fully saturated rings. The number of benzene rings is 1. The Bertz CT molecular complexity index is 464. The average molecular weight is 332 g/mol. The number of carbonyl (C=O) groups is 1. The molecule has 21 heavy (non-hydrogen) atoms. The third-order valence-electron chi connectivity index (χ3n) is 3.25. The van der Waals surface area contributed by atoms with E-state index < -0.39 is 5.97 Å². The van der Waals surface area contributed by atoms with Crippen molar-refractivity contribution in [1.82, 2.24) is 0 Å². The lowest BCUT2D eigenvalue weighted by molar-refractivity contribution is 0.0498. The lowest BCUT2D eigenvalue weighted by Crippen LogP contribution is -2.08. The van der Waals surface area contributed by atoms with Gasteiger partial charge in [-0.25, -0.2) is 4.79 Å². The average Bonchev–Trinajstić information content (AvgIpc) is 2.45. The summed E-state index contributed by atoms with van der Waals surface area (Å²) in [6, 6.07) is 3.00. The van der Waals surface area contributed by atoms with E-state index in [-0.39, 0.29) is 15.6 Å². The highest BCUT2D eigenvalue weighted by molar-refractivity contribution is 6.44. The van der Waals surface area contributed by atoms with Gasteiger partial charge in [0.2, 0.25) is 0 Å². The summed E-state index contributed by atoms with van der Waals surface area (Å²) in [5.41, 5.74) is 6.27. The predicted molar refractivity (Wildman–Crippen MR) is 89.1 cm³/mol. The van der Waals surface area contributed by atoms with Gasteiger partial charge in [0.05, 0.1) is 22.2 Å². The Labute approximate surface area is 136 Å². The van der Waals surface area contributed by atoms with E-state index in [9.17, 15) is 4.79 Å². The fraction of sp³-hybridized carbons (Fsp3) is 0.562. The Hall–Kier alpha value is -0.930. The van der Waals surface area contributed by atoms with Crippen molar-refractivity contribution in [3.63, 3.8) is 0 Å². The molecule has 0 heterocycles. The van der Waals surface area contributed by atoms with E-state index in [1.165, 1.54) is 44.2 Å². The number of hydrogen-bond acceptors (Lipinski definition) is 3. The minimum Gasteiger partial charge on any atom is -0.462 e. The molecule has 0 aliphatic rings. The van der Waals surface area contributed by atoms with Gasteiger partial charge >= 0.3 is 5.97 Å². The van der Waals surface area contributed by atoms with Crippen LogP contribution < -0.4 is 5.73 Å². The van der Waals surface area contributed by atoms with Crippen LogP contribution in [0.4, 0.5) is 5.69 Å². The highest BCUT2D eigenvalue weighted by atomic mass is 35.5. The van der Waals surface area contributed by atoms with Gasteiger partial charge < -0.3 is 10.5 Å². The van der Waals surface area contributed by atoms with Gasteiger partial charge in [0, 0.05) is 5.69 Å². The predicted octanol–water partition coefficient (Wildman–Crippen LogP) is 5.48.